The summed E-state index contributed by atoms with van der Waals surface area (Å²) in [7, 11) is 0. The molecule has 0 spiro atoms. The van der Waals surface area contributed by atoms with Crippen LogP contribution in [-0.4, -0.2) is 23.6 Å². The van der Waals surface area contributed by atoms with Gasteiger partial charge >= 0.3 is 11.9 Å². The molecule has 0 radical (unpaired) electrons. The molecular weight excluding hydrogens is 436 g/mol. The lowest BCUT2D eigenvalue weighted by atomic mass is 9.49. The topological polar surface area (TPSA) is 52.6 Å². The van der Waals surface area contributed by atoms with Gasteiger partial charge in [0.05, 0.1) is 11.8 Å². The first-order valence-corrected chi connectivity index (χ1v) is 15.2. The third-order valence-corrected chi connectivity index (χ3v) is 13.1. The highest BCUT2D eigenvalue weighted by Crippen LogP contribution is 2.70. The van der Waals surface area contributed by atoms with E-state index in [1.807, 2.05) is 6.92 Å². The third kappa shape index (κ3) is 3.22. The predicted octanol–water partition coefficient (Wildman–Crippen LogP) is 6.27. The zero-order chi connectivity index (χ0) is 24.2. The van der Waals surface area contributed by atoms with Gasteiger partial charge in [0.15, 0.2) is 0 Å². The molecule has 9 atom stereocenters. The van der Waals surface area contributed by atoms with Crippen molar-refractivity contribution in [2.24, 2.45) is 76.9 Å². The first-order chi connectivity index (χ1) is 16.8. The summed E-state index contributed by atoms with van der Waals surface area (Å²) in [5.41, 5.74) is -0.175. The molecule has 0 aliphatic heterocycles. The Morgan fingerprint density at radius 3 is 2.06 bits per heavy atom. The fraction of sp³-hybridized carbons (Fsp3) is 0.935. The standard InChI is InChI=1S/C31H46O4/c1-5-31(21-7-17-6-18(9-21)10-22(31)8-17)35-30(33)24-12-19-11-23(24)28-25-13-20(27(19)28)14-26(25)34-29(32)16(4)15(2)3/h15-28H,5-14H2,1-4H3. The molecule has 0 saturated heterocycles. The summed E-state index contributed by atoms with van der Waals surface area (Å²) in [6.45, 7) is 8.47. The van der Waals surface area contributed by atoms with E-state index >= 15 is 0 Å². The second-order valence-electron chi connectivity index (χ2n) is 14.6. The quantitative estimate of drug-likeness (QED) is 0.331. The zero-order valence-electron chi connectivity index (χ0n) is 22.3. The van der Waals surface area contributed by atoms with Gasteiger partial charge in [0.25, 0.3) is 0 Å². The highest BCUT2D eigenvalue weighted by Gasteiger charge is 2.67. The molecule has 0 heterocycles. The van der Waals surface area contributed by atoms with E-state index in [2.05, 4.69) is 20.8 Å². The number of hydrogen-bond acceptors (Lipinski definition) is 4. The first-order valence-electron chi connectivity index (χ1n) is 15.2. The van der Waals surface area contributed by atoms with Gasteiger partial charge in [-0.1, -0.05) is 27.7 Å². The summed E-state index contributed by atoms with van der Waals surface area (Å²) in [4.78, 5) is 26.7. The molecule has 4 nitrogen and oxygen atoms in total. The Morgan fingerprint density at radius 2 is 1.43 bits per heavy atom. The van der Waals surface area contributed by atoms with Gasteiger partial charge in [-0.25, -0.2) is 0 Å². The third-order valence-electron chi connectivity index (χ3n) is 13.1. The minimum atomic E-state index is -0.175. The van der Waals surface area contributed by atoms with Crippen molar-refractivity contribution in [3.8, 4) is 0 Å². The van der Waals surface area contributed by atoms with Crippen LogP contribution in [-0.2, 0) is 19.1 Å². The lowest BCUT2D eigenvalue weighted by Gasteiger charge is -2.60. The van der Waals surface area contributed by atoms with Crippen LogP contribution in [0.1, 0.15) is 91.9 Å². The van der Waals surface area contributed by atoms with Crippen LogP contribution in [0, 0.1) is 76.9 Å². The average molecular weight is 483 g/mol. The summed E-state index contributed by atoms with van der Waals surface area (Å²) < 4.78 is 12.9. The molecule has 0 amide bonds. The monoisotopic (exact) mass is 482 g/mol. The summed E-state index contributed by atoms with van der Waals surface area (Å²) in [6.07, 6.45) is 12.2. The van der Waals surface area contributed by atoms with Crippen molar-refractivity contribution in [1.82, 2.24) is 0 Å². The molecule has 8 rings (SSSR count). The Bertz CT molecular complexity index is 864. The van der Waals surface area contributed by atoms with Gasteiger partial charge in [-0.15, -0.1) is 0 Å². The van der Waals surface area contributed by atoms with Crippen molar-refractivity contribution < 1.29 is 19.1 Å². The van der Waals surface area contributed by atoms with Gasteiger partial charge in [0.2, 0.25) is 0 Å². The molecule has 0 aromatic carbocycles. The van der Waals surface area contributed by atoms with Crippen LogP contribution in [0.3, 0.4) is 0 Å². The van der Waals surface area contributed by atoms with Crippen molar-refractivity contribution in [3.63, 3.8) is 0 Å². The van der Waals surface area contributed by atoms with E-state index in [0.717, 1.165) is 37.0 Å². The minimum absolute atomic E-state index is 0.0139. The van der Waals surface area contributed by atoms with E-state index in [-0.39, 0.29) is 35.5 Å². The van der Waals surface area contributed by atoms with E-state index in [1.54, 1.807) is 0 Å². The van der Waals surface area contributed by atoms with Gasteiger partial charge in [0, 0.05) is 0 Å². The van der Waals surface area contributed by atoms with Crippen molar-refractivity contribution in [2.75, 3.05) is 0 Å². The number of carbonyl (C=O) groups excluding carboxylic acids is 2. The van der Waals surface area contributed by atoms with Crippen LogP contribution in [0.4, 0.5) is 0 Å². The van der Waals surface area contributed by atoms with E-state index in [4.69, 9.17) is 9.47 Å². The summed E-state index contributed by atoms with van der Waals surface area (Å²) >= 11 is 0. The van der Waals surface area contributed by atoms with Crippen LogP contribution in [0.15, 0.2) is 0 Å². The summed E-state index contributed by atoms with van der Waals surface area (Å²) in [6, 6.07) is 0. The summed E-state index contributed by atoms with van der Waals surface area (Å²) in [5.74, 6) is 7.17. The maximum Gasteiger partial charge on any atom is 0.309 e. The van der Waals surface area contributed by atoms with Crippen LogP contribution in [0.2, 0.25) is 0 Å². The summed E-state index contributed by atoms with van der Waals surface area (Å²) in [5, 5.41) is 0. The Hall–Kier alpha value is -1.06. The molecule has 0 aromatic rings. The Labute approximate surface area is 211 Å². The lowest BCUT2D eigenvalue weighted by Crippen LogP contribution is -2.60. The second kappa shape index (κ2) is 7.97. The smallest absolute Gasteiger partial charge is 0.309 e. The molecule has 8 bridgehead atoms. The number of esters is 2. The molecule has 8 aliphatic carbocycles. The highest BCUT2D eigenvalue weighted by molar-refractivity contribution is 5.74. The largest absolute Gasteiger partial charge is 0.462 e. The molecule has 8 saturated carbocycles. The van der Waals surface area contributed by atoms with E-state index in [0.29, 0.717) is 47.3 Å². The van der Waals surface area contributed by atoms with Gasteiger partial charge < -0.3 is 9.47 Å². The van der Waals surface area contributed by atoms with Crippen LogP contribution < -0.4 is 0 Å². The van der Waals surface area contributed by atoms with Crippen LogP contribution >= 0.6 is 0 Å². The predicted molar refractivity (Wildman–Crippen MR) is 133 cm³/mol. The van der Waals surface area contributed by atoms with Gasteiger partial charge in [0.1, 0.15) is 11.7 Å². The SMILES string of the molecule is CCC1(OC(=O)C2CC3CC2C2C4CC(CC4OC(=O)C(C)C(C)C)C32)C2CC3CC(C2)CC1C3. The van der Waals surface area contributed by atoms with E-state index in [1.165, 1.54) is 44.9 Å². The molecule has 194 valence electrons. The molecule has 4 heteroatoms. The fourth-order valence-corrected chi connectivity index (χ4v) is 11.5. The van der Waals surface area contributed by atoms with Crippen molar-refractivity contribution in [2.45, 2.75) is 104 Å². The molecule has 0 aromatic heterocycles. The Morgan fingerprint density at radius 1 is 0.800 bits per heavy atom. The number of hydrogen-bond donors (Lipinski definition) is 0. The highest BCUT2D eigenvalue weighted by atomic mass is 16.6. The average Bonchev–Trinajstić information content (AvgIpc) is 3.59. The maximum absolute atomic E-state index is 13.9. The number of rotatable bonds is 6. The lowest BCUT2D eigenvalue weighted by molar-refractivity contribution is -0.216. The number of ether oxygens (including phenoxy) is 2. The van der Waals surface area contributed by atoms with Crippen molar-refractivity contribution in [1.29, 1.82) is 0 Å². The number of fused-ring (bicyclic) bond motifs is 9. The molecular formula is C31H46O4. The molecule has 8 fully saturated rings. The molecule has 9 unspecified atom stereocenters. The van der Waals surface area contributed by atoms with Crippen LogP contribution in [0.5, 0.6) is 0 Å². The van der Waals surface area contributed by atoms with Crippen molar-refractivity contribution in [3.05, 3.63) is 0 Å². The number of carbonyl (C=O) groups is 2. The van der Waals surface area contributed by atoms with Gasteiger partial charge in [-0.3, -0.25) is 9.59 Å². The first kappa shape index (κ1) is 23.1. The van der Waals surface area contributed by atoms with Gasteiger partial charge in [-0.05, 0) is 129 Å². The van der Waals surface area contributed by atoms with E-state index in [9.17, 15) is 9.59 Å². The Kier molecular flexibility index (Phi) is 5.26. The van der Waals surface area contributed by atoms with Crippen LogP contribution in [0.25, 0.3) is 0 Å². The maximum atomic E-state index is 13.9. The Balaban J connectivity index is 1.06. The fourth-order valence-electron chi connectivity index (χ4n) is 11.5. The molecule has 35 heavy (non-hydrogen) atoms. The van der Waals surface area contributed by atoms with Gasteiger partial charge in [-0.2, -0.15) is 0 Å². The molecule has 8 aliphatic rings. The minimum Gasteiger partial charge on any atom is -0.462 e. The van der Waals surface area contributed by atoms with Crippen molar-refractivity contribution >= 4 is 11.9 Å². The van der Waals surface area contributed by atoms with E-state index < -0.39 is 0 Å². The second-order valence-corrected chi connectivity index (χ2v) is 14.6. The molecule has 0 N–H and O–H groups in total. The normalized spacial score (nSPS) is 53.3. The zero-order valence-corrected chi connectivity index (χ0v) is 22.3.